The van der Waals surface area contributed by atoms with Crippen molar-refractivity contribution in [2.24, 2.45) is 5.73 Å². The fourth-order valence-corrected chi connectivity index (χ4v) is 7.20. The van der Waals surface area contributed by atoms with Gasteiger partial charge in [-0.1, -0.05) is 37.3 Å². The molecule has 2 aromatic heterocycles. The zero-order valence-corrected chi connectivity index (χ0v) is 32.2. The number of carbonyl (C=O) groups excluding carboxylic acids is 5. The fourth-order valence-electron chi connectivity index (χ4n) is 7.20. The van der Waals surface area contributed by atoms with Gasteiger partial charge in [0.25, 0.3) is 5.56 Å². The highest BCUT2D eigenvalue weighted by atomic mass is 19.1. The number of benzene rings is 2. The Morgan fingerprint density at radius 2 is 1.78 bits per heavy atom. The summed E-state index contributed by atoms with van der Waals surface area (Å²) < 4.78 is 27.2. The number of hydrogen-bond donors (Lipinski definition) is 6. The van der Waals surface area contributed by atoms with Gasteiger partial charge in [-0.05, 0) is 61.4 Å². The van der Waals surface area contributed by atoms with E-state index < -0.39 is 47.1 Å². The summed E-state index contributed by atoms with van der Waals surface area (Å²) in [6.07, 6.45) is 1.92. The van der Waals surface area contributed by atoms with Crippen LogP contribution in [0.3, 0.4) is 0 Å². The third-order valence-electron chi connectivity index (χ3n) is 10.4. The van der Waals surface area contributed by atoms with Crippen molar-refractivity contribution in [1.82, 2.24) is 30.8 Å². The van der Waals surface area contributed by atoms with Crippen LogP contribution in [0.25, 0.3) is 22.3 Å². The number of aryl methyl sites for hydroxylation is 2. The molecule has 0 spiro atoms. The minimum absolute atomic E-state index is 0.00854. The second-order valence-electron chi connectivity index (χ2n) is 14.3. The lowest BCUT2D eigenvalue weighted by molar-refractivity contribution is -0.172. The van der Waals surface area contributed by atoms with Crippen LogP contribution in [-0.4, -0.2) is 83.3 Å². The van der Waals surface area contributed by atoms with E-state index in [1.807, 2.05) is 6.07 Å². The normalized spacial score (nSPS) is 15.8. The van der Waals surface area contributed by atoms with Crippen molar-refractivity contribution in [3.8, 4) is 11.4 Å². The third kappa shape index (κ3) is 8.91. The first-order chi connectivity index (χ1) is 27.8. The fraction of sp³-hybridized carbons (Fsp3) is 0.390. The molecule has 0 unspecified atom stereocenters. The minimum atomic E-state index is -1.97. The van der Waals surface area contributed by atoms with Crippen molar-refractivity contribution in [2.75, 3.05) is 33.0 Å². The molecule has 6 rings (SSSR count). The molecule has 2 aliphatic heterocycles. The average Bonchev–Trinajstić information content (AvgIpc) is 3.59. The van der Waals surface area contributed by atoms with Gasteiger partial charge in [0, 0.05) is 35.6 Å². The molecule has 17 heteroatoms. The maximum atomic E-state index is 14.8. The molecule has 2 atom stereocenters. The van der Waals surface area contributed by atoms with E-state index in [2.05, 4.69) is 21.3 Å². The molecule has 0 saturated carbocycles. The Balaban J connectivity index is 1.04. The topological polar surface area (TPSA) is 233 Å². The van der Waals surface area contributed by atoms with Gasteiger partial charge in [0.1, 0.15) is 25.2 Å². The summed E-state index contributed by atoms with van der Waals surface area (Å²) in [6, 6.07) is 12.7. The Labute approximate surface area is 332 Å². The second kappa shape index (κ2) is 18.0. The van der Waals surface area contributed by atoms with Gasteiger partial charge >= 0.3 is 5.97 Å². The maximum Gasteiger partial charge on any atom is 0.343 e. The zero-order valence-electron chi connectivity index (χ0n) is 32.2. The number of unbranched alkanes of at least 4 members (excludes halogenated alkanes) is 1. The smallest absolute Gasteiger partial charge is 0.343 e. The molecule has 16 nitrogen and oxygen atoms in total. The number of fused-ring (bicyclic) bond motifs is 5. The van der Waals surface area contributed by atoms with Crippen molar-refractivity contribution < 1.29 is 42.9 Å². The van der Waals surface area contributed by atoms with E-state index >= 15 is 0 Å². The molecule has 4 aromatic rings. The standard InChI is InChI=1S/C41H46FN7O9/c1-3-41(56)29-15-33-37-27(20-49(33)39(54)28(29)21-58-40(41)55)25(26-13-23(2)30(42)16-31(26)48-37)11-7-8-12-57-22-46-35(51)18-45-38(53)32(14-24-9-5-4-6-10-24)47-36(52)19-44-34(50)17-43/h4-6,9-10,13,15-16,32,56H,3,7-8,11-12,14,17-22,43H2,1-2H3,(H,44,50)(H,45,53)(H,46,51)(H,47,52)/t32-,41-/m0/s1. The van der Waals surface area contributed by atoms with E-state index in [0.717, 1.165) is 22.1 Å². The molecular weight excluding hydrogens is 753 g/mol. The maximum absolute atomic E-state index is 14.8. The SMILES string of the molecule is CC[C@@]1(O)C(=O)OCc2c1cc1n(c2=O)Cc2c-1nc1cc(F)c(C)cc1c2CCCCOCNC(=O)CNC(=O)[C@H](Cc1ccccc1)NC(=O)CNC(=O)CN. The van der Waals surface area contributed by atoms with Gasteiger partial charge in [0.15, 0.2) is 5.60 Å². The van der Waals surface area contributed by atoms with Crippen LogP contribution < -0.4 is 32.6 Å². The van der Waals surface area contributed by atoms with Gasteiger partial charge in [0.2, 0.25) is 23.6 Å². The van der Waals surface area contributed by atoms with Crippen LogP contribution in [-0.2, 0) is 65.0 Å². The minimum Gasteiger partial charge on any atom is -0.458 e. The number of aromatic nitrogens is 2. The molecule has 0 fully saturated rings. The summed E-state index contributed by atoms with van der Waals surface area (Å²) in [5.41, 5.74) is 7.55. The van der Waals surface area contributed by atoms with E-state index in [0.29, 0.717) is 41.7 Å². The molecule has 0 radical (unpaired) electrons. The van der Waals surface area contributed by atoms with Crippen molar-refractivity contribution in [2.45, 2.75) is 70.7 Å². The molecule has 7 N–H and O–H groups in total. The number of cyclic esters (lactones) is 1. The lowest BCUT2D eigenvalue weighted by atomic mass is 9.86. The highest BCUT2D eigenvalue weighted by molar-refractivity contribution is 5.92. The molecule has 2 aliphatic rings. The van der Waals surface area contributed by atoms with Crippen LogP contribution in [0.15, 0.2) is 53.3 Å². The Morgan fingerprint density at radius 3 is 2.52 bits per heavy atom. The predicted molar refractivity (Wildman–Crippen MR) is 208 cm³/mol. The summed E-state index contributed by atoms with van der Waals surface area (Å²) in [5, 5.41) is 22.0. The number of nitrogens with zero attached hydrogens (tertiary/aromatic N) is 2. The first-order valence-electron chi connectivity index (χ1n) is 19.1. The number of nitrogens with two attached hydrogens (primary N) is 1. The van der Waals surface area contributed by atoms with E-state index in [1.54, 1.807) is 54.8 Å². The van der Waals surface area contributed by atoms with Crippen molar-refractivity contribution >= 4 is 40.5 Å². The van der Waals surface area contributed by atoms with Gasteiger partial charge in [0.05, 0.1) is 48.6 Å². The number of rotatable bonds is 17. The first kappa shape index (κ1) is 41.6. The molecule has 4 heterocycles. The van der Waals surface area contributed by atoms with Gasteiger partial charge in [-0.3, -0.25) is 24.0 Å². The number of amides is 4. The number of aliphatic hydroxyl groups is 1. The number of nitrogens with one attached hydrogen (secondary N) is 4. The summed E-state index contributed by atoms with van der Waals surface area (Å²) in [5.74, 6) is -3.47. The van der Waals surface area contributed by atoms with E-state index in [4.69, 9.17) is 20.2 Å². The highest BCUT2D eigenvalue weighted by Gasteiger charge is 2.45. The zero-order chi connectivity index (χ0) is 41.6. The molecular formula is C41H46FN7O9. The molecule has 306 valence electrons. The number of halogens is 1. The number of hydrogen-bond acceptors (Lipinski definition) is 11. The van der Waals surface area contributed by atoms with Gasteiger partial charge in [-0.15, -0.1) is 0 Å². The molecule has 0 saturated heterocycles. The number of pyridine rings is 2. The molecule has 4 amide bonds. The largest absolute Gasteiger partial charge is 0.458 e. The summed E-state index contributed by atoms with van der Waals surface area (Å²) in [6.45, 7) is 2.40. The van der Waals surface area contributed by atoms with Crippen LogP contribution in [0.5, 0.6) is 0 Å². The Bertz CT molecular complexity index is 2320. The van der Waals surface area contributed by atoms with Crippen LogP contribution in [0, 0.1) is 12.7 Å². The lowest BCUT2D eigenvalue weighted by Crippen LogP contribution is -2.52. The monoisotopic (exact) mass is 799 g/mol. The number of ether oxygens (including phenoxy) is 2. The summed E-state index contributed by atoms with van der Waals surface area (Å²) in [4.78, 5) is 80.5. The third-order valence-corrected chi connectivity index (χ3v) is 10.4. The lowest BCUT2D eigenvalue weighted by Gasteiger charge is -2.31. The van der Waals surface area contributed by atoms with Crippen LogP contribution in [0.1, 0.15) is 59.6 Å². The Kier molecular flexibility index (Phi) is 12.9. The van der Waals surface area contributed by atoms with E-state index in [-0.39, 0.29) is 75.7 Å². The van der Waals surface area contributed by atoms with Crippen LogP contribution >= 0.6 is 0 Å². The van der Waals surface area contributed by atoms with Gasteiger partial charge in [-0.25, -0.2) is 14.2 Å². The first-order valence-corrected chi connectivity index (χ1v) is 19.1. The molecule has 2 aromatic carbocycles. The van der Waals surface area contributed by atoms with Crippen molar-refractivity contribution in [1.29, 1.82) is 0 Å². The Morgan fingerprint density at radius 1 is 1.02 bits per heavy atom. The van der Waals surface area contributed by atoms with E-state index in [9.17, 15) is 38.3 Å². The summed E-state index contributed by atoms with van der Waals surface area (Å²) in [7, 11) is 0. The Hall–Kier alpha value is -6.04. The van der Waals surface area contributed by atoms with Crippen LogP contribution in [0.4, 0.5) is 4.39 Å². The number of carbonyl (C=O) groups is 5. The van der Waals surface area contributed by atoms with E-state index in [1.165, 1.54) is 6.07 Å². The molecule has 0 bridgehead atoms. The van der Waals surface area contributed by atoms with Crippen molar-refractivity contribution in [3.63, 3.8) is 0 Å². The van der Waals surface area contributed by atoms with Gasteiger partial charge in [-0.2, -0.15) is 0 Å². The molecule has 0 aliphatic carbocycles. The van der Waals surface area contributed by atoms with Crippen molar-refractivity contribution in [3.05, 3.63) is 98.1 Å². The van der Waals surface area contributed by atoms with Gasteiger partial charge < -0.3 is 46.1 Å². The number of esters is 1. The highest BCUT2D eigenvalue weighted by Crippen LogP contribution is 2.41. The molecule has 58 heavy (non-hydrogen) atoms. The second-order valence-corrected chi connectivity index (χ2v) is 14.3. The quantitative estimate of drug-likeness (QED) is 0.0439. The van der Waals surface area contributed by atoms with Crippen LogP contribution in [0.2, 0.25) is 0 Å². The summed E-state index contributed by atoms with van der Waals surface area (Å²) >= 11 is 0. The average molecular weight is 800 g/mol. The predicted octanol–water partition coefficient (Wildman–Crippen LogP) is 0.859.